The van der Waals surface area contributed by atoms with Crippen molar-refractivity contribution in [1.29, 1.82) is 0 Å². The van der Waals surface area contributed by atoms with Gasteiger partial charge in [-0.1, -0.05) is 159 Å². The minimum atomic E-state index is -3.01. The number of fused-ring (bicyclic) bond motifs is 2. The number of nitrogens with zero attached hydrogens (tertiary/aromatic N) is 6. The van der Waals surface area contributed by atoms with E-state index < -0.39 is 40.1 Å². The van der Waals surface area contributed by atoms with Crippen molar-refractivity contribution >= 4 is 54.7 Å². The molecule has 1 aromatic heterocycles. The summed E-state index contributed by atoms with van der Waals surface area (Å²) < 4.78 is 66.8. The zero-order valence-electron chi connectivity index (χ0n) is 37.4. The van der Waals surface area contributed by atoms with Gasteiger partial charge in [0.15, 0.2) is 5.82 Å². The lowest BCUT2D eigenvalue weighted by Gasteiger charge is -2.56. The fourth-order valence-electron chi connectivity index (χ4n) is 8.39. The lowest BCUT2D eigenvalue weighted by Crippen LogP contribution is -2.87. The SMILES string of the molecule is [2H]C([2H])([2H])C1(C([2H])([2H])[2H])c2ccccc2Oc2c(-c3ncnc(B4N(c5ccccc5)B(c5ccccc5)N(c5ccccc5)B(c5ccccc5)N4c4ccccc4)n3)cccc21. The van der Waals surface area contributed by atoms with Crippen LogP contribution in [0.1, 0.15) is 33.1 Å². The average Bonchev–Trinajstić information content (AvgIpc) is 3.32. The summed E-state index contributed by atoms with van der Waals surface area (Å²) in [6.07, 6.45) is 1.46. The Hall–Kier alpha value is -7.06. The number of hydrogen-bond acceptors (Lipinski definition) is 7. The van der Waals surface area contributed by atoms with E-state index in [0.717, 1.165) is 28.0 Å². The first-order chi connectivity index (χ1) is 31.1. The maximum absolute atomic E-state index is 8.86. The predicted molar refractivity (Wildman–Crippen MR) is 240 cm³/mol. The van der Waals surface area contributed by atoms with Crippen LogP contribution in [0.5, 0.6) is 11.5 Å². The molecule has 2 aliphatic rings. The van der Waals surface area contributed by atoms with Crippen molar-refractivity contribution in [3.63, 3.8) is 0 Å². The first-order valence-corrected chi connectivity index (χ1v) is 19.3. The summed E-state index contributed by atoms with van der Waals surface area (Å²) >= 11 is 0. The highest BCUT2D eigenvalue weighted by atomic mass is 16.5. The smallest absolute Gasteiger partial charge is 0.430 e. The summed E-state index contributed by atoms with van der Waals surface area (Å²) in [4.78, 5) is 15.0. The van der Waals surface area contributed by atoms with Gasteiger partial charge in [0.1, 0.15) is 23.6 Å². The fourth-order valence-corrected chi connectivity index (χ4v) is 8.39. The molecule has 276 valence electrons. The van der Waals surface area contributed by atoms with Crippen molar-refractivity contribution < 1.29 is 13.0 Å². The number of aromatic nitrogens is 3. The molecule has 7 nitrogen and oxygen atoms in total. The molecule has 1 saturated heterocycles. The quantitative estimate of drug-likeness (QED) is 0.153. The van der Waals surface area contributed by atoms with E-state index in [-0.39, 0.29) is 28.5 Å². The summed E-state index contributed by atoms with van der Waals surface area (Å²) in [5.41, 5.74) is 3.20. The van der Waals surface area contributed by atoms with Crippen LogP contribution in [0.15, 0.2) is 200 Å². The molecule has 0 bridgehead atoms. The third-order valence-electron chi connectivity index (χ3n) is 10.9. The van der Waals surface area contributed by atoms with Gasteiger partial charge in [-0.05, 0) is 59.5 Å². The third kappa shape index (κ3) is 6.09. The fraction of sp³-hybridized carbons (Fsp3) is 0.0625. The number of hydrogen-bond donors (Lipinski definition) is 0. The third-order valence-corrected chi connectivity index (χ3v) is 10.9. The molecule has 0 N–H and O–H groups in total. The maximum atomic E-state index is 8.86. The molecule has 58 heavy (non-hydrogen) atoms. The highest BCUT2D eigenvalue weighted by Gasteiger charge is 2.57. The van der Waals surface area contributed by atoms with Crippen LogP contribution in [-0.2, 0) is 5.41 Å². The Bertz CT molecular complexity index is 2800. The van der Waals surface area contributed by atoms with Gasteiger partial charge in [-0.15, -0.1) is 0 Å². The summed E-state index contributed by atoms with van der Waals surface area (Å²) in [5.74, 6) is 0.387. The van der Waals surface area contributed by atoms with Gasteiger partial charge in [0, 0.05) is 41.8 Å². The van der Waals surface area contributed by atoms with Crippen LogP contribution in [0.3, 0.4) is 0 Å². The first-order valence-electron chi connectivity index (χ1n) is 22.3. The summed E-state index contributed by atoms with van der Waals surface area (Å²) in [5, 5.41) is 0. The van der Waals surface area contributed by atoms with Crippen molar-refractivity contribution in [3.8, 4) is 22.9 Å². The number of para-hydroxylation sites is 5. The van der Waals surface area contributed by atoms with E-state index >= 15 is 0 Å². The zero-order chi connectivity index (χ0) is 44.1. The van der Waals surface area contributed by atoms with Gasteiger partial charge in [0.2, 0.25) is 0 Å². The molecular weight excluding hydrogens is 709 g/mol. The highest BCUT2D eigenvalue weighted by Crippen LogP contribution is 2.50. The molecule has 3 heterocycles. The molecule has 0 amide bonds. The molecule has 1 fully saturated rings. The summed E-state index contributed by atoms with van der Waals surface area (Å²) in [6, 6.07) is 62.9. The number of ether oxygens (including phenoxy) is 1. The zero-order valence-corrected chi connectivity index (χ0v) is 31.4. The molecule has 0 unspecified atom stereocenters. The largest absolute Gasteiger partial charge is 0.456 e. The summed E-state index contributed by atoms with van der Waals surface area (Å²) in [6.45, 7) is -7.61. The van der Waals surface area contributed by atoms with Crippen molar-refractivity contribution in [2.75, 3.05) is 14.2 Å². The number of rotatable bonds is 7. The van der Waals surface area contributed by atoms with E-state index in [1.54, 1.807) is 30.3 Å². The van der Waals surface area contributed by atoms with Crippen molar-refractivity contribution in [1.82, 2.24) is 15.0 Å². The van der Waals surface area contributed by atoms with Gasteiger partial charge < -0.3 is 18.9 Å². The van der Waals surface area contributed by atoms with Crippen molar-refractivity contribution in [3.05, 3.63) is 212 Å². The second kappa shape index (κ2) is 14.8. The Morgan fingerprint density at radius 2 is 0.948 bits per heavy atom. The van der Waals surface area contributed by atoms with Crippen LogP contribution in [0, 0.1) is 0 Å². The number of anilines is 3. The molecule has 0 spiro atoms. The van der Waals surface area contributed by atoms with Gasteiger partial charge in [0.05, 0.1) is 5.56 Å². The highest BCUT2D eigenvalue weighted by molar-refractivity contribution is 7.14. The molecule has 0 atom stereocenters. The lowest BCUT2D eigenvalue weighted by atomic mass is 9.38. The van der Waals surface area contributed by atoms with E-state index in [1.807, 2.05) is 78.9 Å². The van der Waals surface area contributed by atoms with E-state index in [2.05, 4.69) is 87.0 Å². The van der Waals surface area contributed by atoms with Crippen molar-refractivity contribution in [2.45, 2.75) is 19.1 Å². The molecular formula is C48H39B3N6O. The van der Waals surface area contributed by atoms with Crippen LogP contribution in [-0.4, -0.2) is 35.9 Å². The Morgan fingerprint density at radius 3 is 1.48 bits per heavy atom. The van der Waals surface area contributed by atoms with Crippen LogP contribution in [0.4, 0.5) is 17.1 Å². The molecule has 10 rings (SSSR count). The molecule has 2 aliphatic heterocycles. The average molecular weight is 754 g/mol. The summed E-state index contributed by atoms with van der Waals surface area (Å²) in [7, 11) is 0. The molecule has 10 heteroatoms. The van der Waals surface area contributed by atoms with Gasteiger partial charge in [-0.3, -0.25) is 0 Å². The van der Waals surface area contributed by atoms with Gasteiger partial charge in [0.25, 0.3) is 0 Å². The first kappa shape index (κ1) is 29.2. The lowest BCUT2D eigenvalue weighted by molar-refractivity contribution is 0.419. The predicted octanol–water partition coefficient (Wildman–Crippen LogP) is 7.99. The molecule has 0 aliphatic carbocycles. The van der Waals surface area contributed by atoms with Crippen LogP contribution < -0.4 is 35.6 Å². The van der Waals surface area contributed by atoms with E-state index in [0.29, 0.717) is 11.3 Å². The minimum Gasteiger partial charge on any atom is -0.456 e. The normalized spacial score (nSPS) is 16.4. The Kier molecular flexibility index (Phi) is 7.45. The van der Waals surface area contributed by atoms with Gasteiger partial charge >= 0.3 is 20.9 Å². The minimum absolute atomic E-state index is 0.00642. The standard InChI is InChI=1S/C48H39B3N6O/c1-48(2)42-32-18-19-34-44(42)58-45-41(31-20-33-43(45)48)46-52-35-53-47(54-46)51-56(39-27-14-6-15-28-39)49(36-21-8-3-9-22-36)55(38-25-12-5-13-26-38)50(37-23-10-4-11-24-37)57(51)40-29-16-7-17-30-40/h3-35H,1-2H3/i1D3,2D3. The Labute approximate surface area is 349 Å². The van der Waals surface area contributed by atoms with Crippen LogP contribution in [0.25, 0.3) is 11.4 Å². The Morgan fingerprint density at radius 1 is 0.483 bits per heavy atom. The number of benzene rings is 7. The van der Waals surface area contributed by atoms with E-state index in [1.165, 1.54) is 18.5 Å². The van der Waals surface area contributed by atoms with Crippen molar-refractivity contribution in [2.24, 2.45) is 0 Å². The molecule has 8 aromatic rings. The van der Waals surface area contributed by atoms with E-state index in [4.69, 9.17) is 27.9 Å². The maximum Gasteiger partial charge on any atom is 0.430 e. The molecule has 0 radical (unpaired) electrons. The second-order valence-electron chi connectivity index (χ2n) is 14.4. The molecule has 7 aromatic carbocycles. The molecule has 0 saturated carbocycles. The monoisotopic (exact) mass is 754 g/mol. The van der Waals surface area contributed by atoms with Gasteiger partial charge in [-0.2, -0.15) is 0 Å². The topological polar surface area (TPSA) is 57.6 Å². The second-order valence-corrected chi connectivity index (χ2v) is 14.4. The van der Waals surface area contributed by atoms with E-state index in [9.17, 15) is 0 Å². The van der Waals surface area contributed by atoms with Gasteiger partial charge in [-0.25, -0.2) is 15.0 Å². The van der Waals surface area contributed by atoms with Crippen LogP contribution in [0.2, 0.25) is 0 Å². The Balaban J connectivity index is 1.26. The van der Waals surface area contributed by atoms with Crippen LogP contribution >= 0.6 is 0 Å².